The molecule has 0 N–H and O–H groups in total. The van der Waals surface area contributed by atoms with Gasteiger partial charge in [0, 0.05) is 64.1 Å². The summed E-state index contributed by atoms with van der Waals surface area (Å²) in [4.78, 5) is 15.0. The molecule has 5 nitrogen and oxygen atoms in total. The summed E-state index contributed by atoms with van der Waals surface area (Å²) in [5.41, 5.74) is 10.4. The average Bonchev–Trinajstić information content (AvgIpc) is 3.95. The Morgan fingerprint density at radius 1 is 0.386 bits per heavy atom. The normalized spacial score (nSPS) is 11.9. The second-order valence-corrected chi connectivity index (χ2v) is 15.4. The third-order valence-electron chi connectivity index (χ3n) is 11.1. The van der Waals surface area contributed by atoms with Gasteiger partial charge in [0.15, 0.2) is 17.5 Å². The number of thiophene rings is 1. The van der Waals surface area contributed by atoms with Crippen molar-refractivity contribution < 1.29 is 4.42 Å². The number of nitrogens with zero attached hydrogens (tertiary/aromatic N) is 4. The first-order chi connectivity index (χ1) is 28.2. The fraction of sp³-hybridized carbons (Fsp3) is 0. The molecule has 4 aromatic heterocycles. The number of rotatable bonds is 5. The van der Waals surface area contributed by atoms with E-state index in [-0.39, 0.29) is 0 Å². The van der Waals surface area contributed by atoms with Crippen LogP contribution in [0.4, 0.5) is 0 Å². The molecular weight excluding hydrogens is 717 g/mol. The fourth-order valence-corrected chi connectivity index (χ4v) is 9.56. The summed E-state index contributed by atoms with van der Waals surface area (Å²) in [6.07, 6.45) is 0. The minimum Gasteiger partial charge on any atom is -0.456 e. The maximum atomic E-state index is 6.53. The predicted molar refractivity (Wildman–Crippen MR) is 236 cm³/mol. The zero-order valence-electron chi connectivity index (χ0n) is 30.4. The van der Waals surface area contributed by atoms with Crippen molar-refractivity contribution in [3.63, 3.8) is 0 Å². The van der Waals surface area contributed by atoms with Gasteiger partial charge in [-0.2, -0.15) is 0 Å². The van der Waals surface area contributed by atoms with E-state index < -0.39 is 0 Å². The van der Waals surface area contributed by atoms with Gasteiger partial charge in [-0.3, -0.25) is 0 Å². The van der Waals surface area contributed by atoms with Gasteiger partial charge in [0.25, 0.3) is 0 Å². The van der Waals surface area contributed by atoms with Gasteiger partial charge in [0.1, 0.15) is 11.2 Å². The Morgan fingerprint density at radius 2 is 1.00 bits per heavy atom. The number of hydrogen-bond donors (Lipinski definition) is 0. The Bertz CT molecular complexity index is 3420. The van der Waals surface area contributed by atoms with Crippen molar-refractivity contribution >= 4 is 75.3 Å². The molecule has 0 aliphatic carbocycles. The molecule has 0 saturated carbocycles. The third kappa shape index (κ3) is 5.12. The summed E-state index contributed by atoms with van der Waals surface area (Å²) in [5, 5.41) is 7.09. The molecule has 6 heteroatoms. The molecule has 266 valence electrons. The smallest absolute Gasteiger partial charge is 0.165 e. The molecule has 0 aliphatic rings. The number of furan rings is 1. The van der Waals surface area contributed by atoms with E-state index >= 15 is 0 Å². The van der Waals surface area contributed by atoms with Crippen molar-refractivity contribution in [2.45, 2.75) is 0 Å². The van der Waals surface area contributed by atoms with Crippen LogP contribution in [0.3, 0.4) is 0 Å². The average molecular weight is 747 g/mol. The zero-order valence-corrected chi connectivity index (χ0v) is 31.2. The standard InChI is InChI=1S/C51H30N4OS/c1-3-12-31(13-4-1)49-52-50(32-14-5-2-6-15-32)54-51(53-49)40-19-11-18-39-42-28-33(23-27-47(42)57-48(39)40)34-22-25-38-41-30-35(24-26-45(41)56-46(38)29-34)55-43-20-9-7-16-36(43)37-17-8-10-21-44(37)55/h1-30H. The maximum absolute atomic E-state index is 6.53. The molecule has 8 aromatic carbocycles. The SMILES string of the molecule is c1ccc(-c2nc(-c3ccccc3)nc(-c3cccc4c3sc3ccc(-c5ccc6c(c5)oc5ccc(-n7c8ccccc8c8ccccc87)cc56)cc34)n2)cc1. The van der Waals surface area contributed by atoms with Gasteiger partial charge in [-0.15, -0.1) is 11.3 Å². The van der Waals surface area contributed by atoms with Crippen LogP contribution in [-0.4, -0.2) is 19.5 Å². The molecule has 0 atom stereocenters. The second kappa shape index (κ2) is 12.6. The van der Waals surface area contributed by atoms with Crippen molar-refractivity contribution in [1.29, 1.82) is 0 Å². The summed E-state index contributed by atoms with van der Waals surface area (Å²) < 4.78 is 11.2. The number of fused-ring (bicyclic) bond motifs is 9. The molecule has 0 aliphatic heterocycles. The van der Waals surface area contributed by atoms with E-state index in [1.165, 1.54) is 37.3 Å². The first-order valence-electron chi connectivity index (χ1n) is 19.0. The minimum atomic E-state index is 0.656. The van der Waals surface area contributed by atoms with E-state index in [1.807, 2.05) is 60.7 Å². The summed E-state index contributed by atoms with van der Waals surface area (Å²) in [7, 11) is 0. The molecule has 0 saturated heterocycles. The zero-order chi connectivity index (χ0) is 37.5. The summed E-state index contributed by atoms with van der Waals surface area (Å²) in [5.74, 6) is 1.98. The van der Waals surface area contributed by atoms with E-state index in [2.05, 4.69) is 126 Å². The minimum absolute atomic E-state index is 0.656. The van der Waals surface area contributed by atoms with Gasteiger partial charge in [-0.25, -0.2) is 15.0 Å². The summed E-state index contributed by atoms with van der Waals surface area (Å²) in [6, 6.07) is 63.8. The van der Waals surface area contributed by atoms with Crippen LogP contribution in [0.15, 0.2) is 186 Å². The van der Waals surface area contributed by atoms with Crippen molar-refractivity contribution in [3.05, 3.63) is 182 Å². The van der Waals surface area contributed by atoms with Crippen molar-refractivity contribution in [1.82, 2.24) is 19.5 Å². The summed E-state index contributed by atoms with van der Waals surface area (Å²) >= 11 is 1.78. The van der Waals surface area contributed by atoms with Crippen molar-refractivity contribution in [2.24, 2.45) is 0 Å². The van der Waals surface area contributed by atoms with Crippen LogP contribution in [0.1, 0.15) is 0 Å². The quantitative estimate of drug-likeness (QED) is 0.176. The van der Waals surface area contributed by atoms with E-state index in [1.54, 1.807) is 11.3 Å². The largest absolute Gasteiger partial charge is 0.456 e. The van der Waals surface area contributed by atoms with Gasteiger partial charge in [0.2, 0.25) is 0 Å². The van der Waals surface area contributed by atoms with Crippen LogP contribution in [0.25, 0.3) is 115 Å². The molecule has 12 aromatic rings. The van der Waals surface area contributed by atoms with Crippen LogP contribution in [0, 0.1) is 0 Å². The fourth-order valence-electron chi connectivity index (χ4n) is 8.37. The number of benzene rings is 8. The first kappa shape index (κ1) is 31.9. The van der Waals surface area contributed by atoms with Gasteiger partial charge in [-0.05, 0) is 71.8 Å². The van der Waals surface area contributed by atoms with Gasteiger partial charge in [-0.1, -0.05) is 121 Å². The van der Waals surface area contributed by atoms with Crippen LogP contribution in [-0.2, 0) is 0 Å². The van der Waals surface area contributed by atoms with E-state index in [0.717, 1.165) is 60.1 Å². The number of para-hydroxylation sites is 2. The lowest BCUT2D eigenvalue weighted by Crippen LogP contribution is -2.00. The molecule has 0 spiro atoms. The molecule has 0 fully saturated rings. The first-order valence-corrected chi connectivity index (χ1v) is 19.8. The van der Waals surface area contributed by atoms with E-state index in [0.29, 0.717) is 17.5 Å². The Kier molecular flexibility index (Phi) is 7.03. The van der Waals surface area contributed by atoms with Crippen LogP contribution in [0.5, 0.6) is 0 Å². The lowest BCUT2D eigenvalue weighted by molar-refractivity contribution is 0.669. The van der Waals surface area contributed by atoms with E-state index in [9.17, 15) is 0 Å². The Labute approximate surface area is 330 Å². The molecule has 0 amide bonds. The lowest BCUT2D eigenvalue weighted by atomic mass is 10.0. The lowest BCUT2D eigenvalue weighted by Gasteiger charge is -2.09. The molecule has 4 heterocycles. The monoisotopic (exact) mass is 746 g/mol. The highest BCUT2D eigenvalue weighted by molar-refractivity contribution is 7.26. The van der Waals surface area contributed by atoms with Gasteiger partial charge in [0.05, 0.1) is 11.0 Å². The highest BCUT2D eigenvalue weighted by Gasteiger charge is 2.18. The number of aromatic nitrogens is 4. The highest BCUT2D eigenvalue weighted by atomic mass is 32.1. The van der Waals surface area contributed by atoms with Crippen molar-refractivity contribution in [2.75, 3.05) is 0 Å². The molecule has 12 rings (SSSR count). The molecule has 0 bridgehead atoms. The van der Waals surface area contributed by atoms with E-state index in [4.69, 9.17) is 19.4 Å². The maximum Gasteiger partial charge on any atom is 0.165 e. The highest BCUT2D eigenvalue weighted by Crippen LogP contribution is 2.42. The predicted octanol–water partition coefficient (Wildman–Crippen LogP) is 13.9. The van der Waals surface area contributed by atoms with Gasteiger partial charge >= 0.3 is 0 Å². The molecule has 0 unspecified atom stereocenters. The van der Waals surface area contributed by atoms with Crippen LogP contribution < -0.4 is 0 Å². The Balaban J connectivity index is 0.956. The van der Waals surface area contributed by atoms with Crippen LogP contribution in [0.2, 0.25) is 0 Å². The van der Waals surface area contributed by atoms with Crippen LogP contribution >= 0.6 is 11.3 Å². The van der Waals surface area contributed by atoms with Crippen molar-refractivity contribution in [3.8, 4) is 51.0 Å². The molecular formula is C51H30N4OS. The second-order valence-electron chi connectivity index (χ2n) is 14.4. The topological polar surface area (TPSA) is 56.7 Å². The Hall–Kier alpha value is -7.41. The van der Waals surface area contributed by atoms with Gasteiger partial charge < -0.3 is 8.98 Å². The molecule has 0 radical (unpaired) electrons. The number of hydrogen-bond acceptors (Lipinski definition) is 5. The third-order valence-corrected chi connectivity index (χ3v) is 12.3. The summed E-state index contributed by atoms with van der Waals surface area (Å²) in [6.45, 7) is 0. The Morgan fingerprint density at radius 3 is 1.72 bits per heavy atom. The molecule has 57 heavy (non-hydrogen) atoms.